The van der Waals surface area contributed by atoms with Crippen LogP contribution < -0.4 is 0 Å². The lowest BCUT2D eigenvalue weighted by Crippen LogP contribution is -2.35. The Bertz CT molecular complexity index is 661. The highest BCUT2D eigenvalue weighted by Crippen LogP contribution is 2.45. The summed E-state index contributed by atoms with van der Waals surface area (Å²) in [7, 11) is -3.93. The van der Waals surface area contributed by atoms with E-state index in [1.54, 1.807) is 0 Å². The summed E-state index contributed by atoms with van der Waals surface area (Å²) in [4.78, 5) is 9.17. The molecular weight excluding hydrogens is 315 g/mol. The van der Waals surface area contributed by atoms with Crippen molar-refractivity contribution in [2.24, 2.45) is 7.05 Å². The van der Waals surface area contributed by atoms with Gasteiger partial charge in [0.05, 0.1) is 0 Å². The summed E-state index contributed by atoms with van der Waals surface area (Å²) in [5, 5.41) is 11.5. The van der Waals surface area contributed by atoms with E-state index >= 15 is 0 Å². The average Bonchev–Trinajstić information content (AvgIpc) is 2.53. The Kier molecular flexibility index (Phi) is 3.59. The molecular formula is C8H7F5N2O4S. The Labute approximate surface area is 108 Å². The molecule has 0 bridgehead atoms. The summed E-state index contributed by atoms with van der Waals surface area (Å²) in [5.41, 5.74) is -3.43. The Hall–Kier alpha value is -1.72. The molecule has 0 aliphatic heterocycles. The van der Waals surface area contributed by atoms with Crippen molar-refractivity contribution in [3.63, 3.8) is 0 Å². The van der Waals surface area contributed by atoms with Gasteiger partial charge >= 0.3 is 18.1 Å². The van der Waals surface area contributed by atoms with Crippen molar-refractivity contribution >= 4 is 15.8 Å². The third kappa shape index (κ3) is 2.46. The lowest BCUT2D eigenvalue weighted by Gasteiger charge is -2.18. The largest absolute Gasteiger partial charge is 0.476 e. The predicted octanol–water partition coefficient (Wildman–Crippen LogP) is 1.18. The first-order valence-electron chi connectivity index (χ1n) is 4.66. The van der Waals surface area contributed by atoms with Crippen molar-refractivity contribution in [3.05, 3.63) is 11.4 Å². The van der Waals surface area contributed by atoms with Crippen LogP contribution >= 0.6 is 0 Å². The number of hydrogen-bond donors (Lipinski definition) is 1. The maximum atomic E-state index is 13.3. The monoisotopic (exact) mass is 322 g/mol. The fraction of sp³-hybridized carbons (Fsp3) is 0.500. The van der Waals surface area contributed by atoms with Crippen LogP contribution in [-0.4, -0.2) is 41.7 Å². The van der Waals surface area contributed by atoms with E-state index in [-0.39, 0.29) is 4.68 Å². The number of hydrogen-bond acceptors (Lipinski definition) is 4. The number of halogens is 5. The number of aromatic nitrogens is 2. The van der Waals surface area contributed by atoms with Crippen LogP contribution in [0, 0.1) is 0 Å². The second kappa shape index (κ2) is 4.40. The van der Waals surface area contributed by atoms with E-state index in [0.717, 1.165) is 7.05 Å². The van der Waals surface area contributed by atoms with Crippen LogP contribution in [0.25, 0.3) is 0 Å². The molecule has 12 heteroatoms. The molecule has 1 N–H and O–H groups in total. The number of nitrogens with zero attached hydrogens (tertiary/aromatic N) is 2. The summed E-state index contributed by atoms with van der Waals surface area (Å²) >= 11 is 0. The van der Waals surface area contributed by atoms with Crippen molar-refractivity contribution in [1.82, 2.24) is 9.78 Å². The molecule has 0 atom stereocenters. The first-order chi connectivity index (χ1) is 8.71. The molecule has 1 aromatic heterocycles. The highest BCUT2D eigenvalue weighted by atomic mass is 32.2. The van der Waals surface area contributed by atoms with Gasteiger partial charge in [-0.1, -0.05) is 0 Å². The lowest BCUT2D eigenvalue weighted by molar-refractivity contribution is -0.292. The number of aryl methyl sites for hydroxylation is 1. The number of carboxylic acid groups (broad SMARTS) is 1. The fourth-order valence-electron chi connectivity index (χ4n) is 1.43. The Morgan fingerprint density at radius 2 is 1.70 bits per heavy atom. The van der Waals surface area contributed by atoms with Crippen molar-refractivity contribution in [2.75, 3.05) is 6.26 Å². The smallest absolute Gasteiger partial charge is 0.459 e. The van der Waals surface area contributed by atoms with E-state index in [1.165, 1.54) is 0 Å². The van der Waals surface area contributed by atoms with E-state index in [2.05, 4.69) is 5.10 Å². The minimum Gasteiger partial charge on any atom is -0.476 e. The zero-order chi connectivity index (χ0) is 16.1. The Morgan fingerprint density at radius 1 is 1.25 bits per heavy atom. The molecule has 0 aliphatic rings. The number of carbonyl (C=O) groups is 1. The zero-order valence-corrected chi connectivity index (χ0v) is 10.7. The molecule has 114 valence electrons. The van der Waals surface area contributed by atoms with Gasteiger partial charge in [-0.25, -0.2) is 13.2 Å². The maximum absolute atomic E-state index is 13.3. The normalized spacial score (nSPS) is 13.6. The Morgan fingerprint density at radius 3 is 2.00 bits per heavy atom. The van der Waals surface area contributed by atoms with Gasteiger partial charge < -0.3 is 5.11 Å². The summed E-state index contributed by atoms with van der Waals surface area (Å²) in [6.45, 7) is 0. The van der Waals surface area contributed by atoms with Crippen molar-refractivity contribution in [3.8, 4) is 0 Å². The summed E-state index contributed by atoms with van der Waals surface area (Å²) in [5.74, 6) is -7.60. The molecule has 20 heavy (non-hydrogen) atoms. The maximum Gasteiger partial charge on any atom is 0.459 e. The Balaban J connectivity index is 3.85. The van der Waals surface area contributed by atoms with Crippen molar-refractivity contribution < 1.29 is 40.3 Å². The molecule has 0 unspecified atom stereocenters. The molecule has 0 aliphatic carbocycles. The first-order valence-corrected chi connectivity index (χ1v) is 6.55. The molecule has 1 rings (SSSR count). The van der Waals surface area contributed by atoms with Crippen LogP contribution in [0.1, 0.15) is 16.2 Å². The number of aromatic carboxylic acids is 1. The molecule has 0 radical (unpaired) electrons. The van der Waals surface area contributed by atoms with Gasteiger partial charge in [-0.05, 0) is 0 Å². The van der Waals surface area contributed by atoms with Crippen molar-refractivity contribution in [2.45, 2.75) is 17.0 Å². The summed E-state index contributed by atoms with van der Waals surface area (Å²) in [6, 6.07) is 0. The van der Waals surface area contributed by atoms with Crippen LogP contribution in [0.5, 0.6) is 0 Å². The minimum absolute atomic E-state index is 0.147. The van der Waals surface area contributed by atoms with Crippen molar-refractivity contribution in [1.29, 1.82) is 0 Å². The molecule has 0 saturated heterocycles. The molecule has 0 spiro atoms. The van der Waals surface area contributed by atoms with Gasteiger partial charge in [0.2, 0.25) is 0 Å². The van der Waals surface area contributed by atoms with Crippen LogP contribution in [0.15, 0.2) is 4.90 Å². The number of carboxylic acids is 1. The number of rotatable bonds is 3. The van der Waals surface area contributed by atoms with Gasteiger partial charge in [-0.15, -0.1) is 0 Å². The molecule has 1 aromatic rings. The predicted molar refractivity (Wildman–Crippen MR) is 53.2 cm³/mol. The second-order valence-electron chi connectivity index (χ2n) is 3.80. The van der Waals surface area contributed by atoms with Crippen LogP contribution in [0.4, 0.5) is 22.0 Å². The van der Waals surface area contributed by atoms with Gasteiger partial charge in [-0.3, -0.25) is 4.68 Å². The average molecular weight is 322 g/mol. The third-order valence-corrected chi connectivity index (χ3v) is 3.36. The molecule has 6 nitrogen and oxygen atoms in total. The minimum atomic E-state index is -6.11. The molecule has 0 saturated carbocycles. The number of sulfone groups is 1. The fourth-order valence-corrected chi connectivity index (χ4v) is 2.52. The highest BCUT2D eigenvalue weighted by molar-refractivity contribution is 7.90. The first kappa shape index (κ1) is 16.3. The van der Waals surface area contributed by atoms with Gasteiger partial charge in [0.25, 0.3) is 0 Å². The SMILES string of the molecule is Cn1nc(C(F)(F)C(F)(F)F)c(S(C)(=O)=O)c1C(=O)O. The summed E-state index contributed by atoms with van der Waals surface area (Å²) in [6.07, 6.45) is -5.80. The van der Waals surface area contributed by atoms with E-state index in [9.17, 15) is 35.2 Å². The van der Waals surface area contributed by atoms with E-state index in [0.29, 0.717) is 6.26 Å². The van der Waals surface area contributed by atoms with E-state index in [1.807, 2.05) is 0 Å². The van der Waals surface area contributed by atoms with Crippen LogP contribution in [0.3, 0.4) is 0 Å². The van der Waals surface area contributed by atoms with Gasteiger partial charge in [0.1, 0.15) is 4.90 Å². The van der Waals surface area contributed by atoms with E-state index in [4.69, 9.17) is 5.11 Å². The lowest BCUT2D eigenvalue weighted by atomic mass is 10.2. The second-order valence-corrected chi connectivity index (χ2v) is 5.75. The third-order valence-electron chi connectivity index (χ3n) is 2.23. The molecule has 0 amide bonds. The quantitative estimate of drug-likeness (QED) is 0.844. The molecule has 0 fully saturated rings. The topological polar surface area (TPSA) is 89.3 Å². The highest BCUT2D eigenvalue weighted by Gasteiger charge is 2.62. The van der Waals surface area contributed by atoms with Gasteiger partial charge in [-0.2, -0.15) is 27.1 Å². The number of alkyl halides is 5. The zero-order valence-electron chi connectivity index (χ0n) is 9.86. The van der Waals surface area contributed by atoms with Gasteiger partial charge in [0.15, 0.2) is 21.2 Å². The van der Waals surface area contributed by atoms with E-state index < -0.39 is 44.2 Å². The van der Waals surface area contributed by atoms with Gasteiger partial charge in [0, 0.05) is 13.3 Å². The standard InChI is InChI=1S/C8H7F5N2O4S/c1-15-3(6(16)17)4(20(2,18)19)5(14-15)7(9,10)8(11,12)13/h1-2H3,(H,16,17). The van der Waals surface area contributed by atoms with Crippen LogP contribution in [0.2, 0.25) is 0 Å². The summed E-state index contributed by atoms with van der Waals surface area (Å²) < 4.78 is 86.2. The molecule has 1 heterocycles. The molecule has 0 aromatic carbocycles. The van der Waals surface area contributed by atoms with Crippen LogP contribution in [-0.2, 0) is 22.8 Å².